The molecule has 0 amide bonds. The molecule has 3 heterocycles. The Bertz CT molecular complexity index is 811. The number of aromatic nitrogens is 4. The first-order valence-electron chi connectivity index (χ1n) is 8.48. The molecule has 0 atom stereocenters. The Balaban J connectivity index is 2.10. The SMILES string of the molecule is CC(C)(O)c1nc2c(N3CCOCC3)nc(Cl)nc2n1CCCC(=O)O. The van der Waals surface area contributed by atoms with Crippen LogP contribution in [0.25, 0.3) is 11.2 Å². The van der Waals surface area contributed by atoms with Crippen molar-refractivity contribution in [2.75, 3.05) is 31.2 Å². The molecule has 1 fully saturated rings. The normalized spacial score (nSPS) is 15.6. The van der Waals surface area contributed by atoms with Gasteiger partial charge in [-0.25, -0.2) is 4.98 Å². The minimum Gasteiger partial charge on any atom is -0.481 e. The number of ether oxygens (including phenoxy) is 1. The zero-order chi connectivity index (χ0) is 18.9. The highest BCUT2D eigenvalue weighted by Crippen LogP contribution is 2.30. The minimum atomic E-state index is -1.22. The lowest BCUT2D eigenvalue weighted by Crippen LogP contribution is -2.37. The number of hydrogen-bond acceptors (Lipinski definition) is 7. The average molecular weight is 384 g/mol. The molecule has 2 aromatic heterocycles. The lowest BCUT2D eigenvalue weighted by atomic mass is 10.1. The Morgan fingerprint density at radius 1 is 1.27 bits per heavy atom. The van der Waals surface area contributed by atoms with E-state index in [1.807, 2.05) is 4.90 Å². The van der Waals surface area contributed by atoms with E-state index in [0.717, 1.165) is 0 Å². The molecule has 142 valence electrons. The third-order valence-corrected chi connectivity index (χ3v) is 4.35. The lowest BCUT2D eigenvalue weighted by Gasteiger charge is -2.27. The van der Waals surface area contributed by atoms with Crippen LogP contribution in [0.5, 0.6) is 0 Å². The number of carboxylic acids is 1. The lowest BCUT2D eigenvalue weighted by molar-refractivity contribution is -0.137. The number of halogens is 1. The first-order valence-corrected chi connectivity index (χ1v) is 8.86. The van der Waals surface area contributed by atoms with E-state index >= 15 is 0 Å². The van der Waals surface area contributed by atoms with Crippen molar-refractivity contribution in [1.82, 2.24) is 19.5 Å². The van der Waals surface area contributed by atoms with Gasteiger partial charge in [0.05, 0.1) is 13.2 Å². The fraction of sp³-hybridized carbons (Fsp3) is 0.625. The maximum atomic E-state index is 10.8. The first-order chi connectivity index (χ1) is 12.3. The van der Waals surface area contributed by atoms with Crippen molar-refractivity contribution in [3.05, 3.63) is 11.1 Å². The Morgan fingerprint density at radius 2 is 1.96 bits per heavy atom. The van der Waals surface area contributed by atoms with E-state index in [0.29, 0.717) is 62.1 Å². The van der Waals surface area contributed by atoms with Gasteiger partial charge in [0.15, 0.2) is 17.0 Å². The number of aliphatic carboxylic acids is 1. The molecule has 9 nitrogen and oxygen atoms in total. The van der Waals surface area contributed by atoms with Gasteiger partial charge in [0, 0.05) is 26.1 Å². The van der Waals surface area contributed by atoms with E-state index in [-0.39, 0.29) is 11.7 Å². The third kappa shape index (κ3) is 3.89. The maximum Gasteiger partial charge on any atom is 0.303 e. The van der Waals surface area contributed by atoms with Crippen LogP contribution in [0.4, 0.5) is 5.82 Å². The van der Waals surface area contributed by atoms with Crippen LogP contribution in [0.2, 0.25) is 5.28 Å². The van der Waals surface area contributed by atoms with Gasteiger partial charge in [0.2, 0.25) is 5.28 Å². The van der Waals surface area contributed by atoms with Crippen molar-refractivity contribution in [2.24, 2.45) is 0 Å². The third-order valence-electron chi connectivity index (χ3n) is 4.18. The quantitative estimate of drug-likeness (QED) is 0.720. The molecule has 0 radical (unpaired) electrons. The van der Waals surface area contributed by atoms with E-state index in [9.17, 15) is 9.90 Å². The summed E-state index contributed by atoms with van der Waals surface area (Å²) in [4.78, 5) is 26.1. The van der Waals surface area contributed by atoms with Crippen LogP contribution >= 0.6 is 11.6 Å². The maximum absolute atomic E-state index is 10.8. The molecule has 0 bridgehead atoms. The van der Waals surface area contributed by atoms with Gasteiger partial charge in [-0.15, -0.1) is 0 Å². The molecular weight excluding hydrogens is 362 g/mol. The number of fused-ring (bicyclic) bond motifs is 1. The second-order valence-electron chi connectivity index (χ2n) is 6.73. The monoisotopic (exact) mass is 383 g/mol. The number of aliphatic hydroxyl groups is 1. The topological polar surface area (TPSA) is 114 Å². The number of rotatable bonds is 6. The molecule has 2 aromatic rings. The largest absolute Gasteiger partial charge is 0.481 e. The summed E-state index contributed by atoms with van der Waals surface area (Å²) in [6.45, 7) is 6.11. The molecule has 2 N–H and O–H groups in total. The zero-order valence-corrected chi connectivity index (χ0v) is 15.5. The van der Waals surface area contributed by atoms with Crippen LogP contribution in [0.3, 0.4) is 0 Å². The first kappa shape index (κ1) is 18.8. The molecule has 0 aromatic carbocycles. The summed E-state index contributed by atoms with van der Waals surface area (Å²) < 4.78 is 7.11. The molecule has 0 spiro atoms. The van der Waals surface area contributed by atoms with Gasteiger partial charge >= 0.3 is 5.97 Å². The van der Waals surface area contributed by atoms with Gasteiger partial charge in [-0.05, 0) is 31.9 Å². The summed E-state index contributed by atoms with van der Waals surface area (Å²) >= 11 is 6.15. The molecule has 1 saturated heterocycles. The number of hydrogen-bond donors (Lipinski definition) is 2. The zero-order valence-electron chi connectivity index (χ0n) is 14.8. The molecule has 10 heteroatoms. The summed E-state index contributed by atoms with van der Waals surface area (Å²) in [6.07, 6.45) is 0.401. The number of anilines is 1. The van der Waals surface area contributed by atoms with Gasteiger partial charge in [-0.1, -0.05) is 0 Å². The standard InChI is InChI=1S/C16H22ClN5O4/c1-16(2,25)14-18-11-12(21-6-8-26-9-7-21)19-15(17)20-13(11)22(14)5-3-4-10(23)24/h25H,3-9H2,1-2H3,(H,23,24). The molecule has 0 unspecified atom stereocenters. The Morgan fingerprint density at radius 3 is 2.58 bits per heavy atom. The highest BCUT2D eigenvalue weighted by molar-refractivity contribution is 6.28. The Kier molecular flexibility index (Phi) is 5.31. The molecule has 26 heavy (non-hydrogen) atoms. The van der Waals surface area contributed by atoms with E-state index < -0.39 is 11.6 Å². The fourth-order valence-electron chi connectivity index (χ4n) is 3.02. The van der Waals surface area contributed by atoms with Crippen molar-refractivity contribution in [3.63, 3.8) is 0 Å². The molecule has 1 aliphatic heterocycles. The van der Waals surface area contributed by atoms with E-state index in [1.54, 1.807) is 18.4 Å². The number of carboxylic acid groups (broad SMARTS) is 1. The van der Waals surface area contributed by atoms with Crippen LogP contribution in [0.1, 0.15) is 32.5 Å². The van der Waals surface area contributed by atoms with Gasteiger partial charge in [-0.2, -0.15) is 9.97 Å². The van der Waals surface area contributed by atoms with Crippen LogP contribution in [0, 0.1) is 0 Å². The Hall–Kier alpha value is -1.97. The number of carbonyl (C=O) groups is 1. The van der Waals surface area contributed by atoms with Crippen LogP contribution in [0.15, 0.2) is 0 Å². The van der Waals surface area contributed by atoms with Crippen molar-refractivity contribution in [1.29, 1.82) is 0 Å². The van der Waals surface area contributed by atoms with Gasteiger partial charge in [-0.3, -0.25) is 4.79 Å². The smallest absolute Gasteiger partial charge is 0.303 e. The summed E-state index contributed by atoms with van der Waals surface area (Å²) in [5, 5.41) is 19.5. The predicted octanol–water partition coefficient (Wildman–Crippen LogP) is 1.41. The second-order valence-corrected chi connectivity index (χ2v) is 7.07. The van der Waals surface area contributed by atoms with Crippen molar-refractivity contribution in [3.8, 4) is 0 Å². The summed E-state index contributed by atoms with van der Waals surface area (Å²) in [5.41, 5.74) is -0.184. The van der Waals surface area contributed by atoms with E-state index in [1.165, 1.54) is 0 Å². The number of nitrogens with zero attached hydrogens (tertiary/aromatic N) is 5. The van der Waals surface area contributed by atoms with Crippen LogP contribution in [-0.4, -0.2) is 62.0 Å². The molecule has 0 aliphatic carbocycles. The predicted molar refractivity (Wildman–Crippen MR) is 95.5 cm³/mol. The average Bonchev–Trinajstić information content (AvgIpc) is 2.93. The van der Waals surface area contributed by atoms with Gasteiger partial charge < -0.3 is 24.4 Å². The van der Waals surface area contributed by atoms with Gasteiger partial charge in [0.25, 0.3) is 0 Å². The highest BCUT2D eigenvalue weighted by Gasteiger charge is 2.29. The summed E-state index contributed by atoms with van der Waals surface area (Å²) in [6, 6.07) is 0. The van der Waals surface area contributed by atoms with Crippen LogP contribution < -0.4 is 4.90 Å². The summed E-state index contributed by atoms with van der Waals surface area (Å²) in [7, 11) is 0. The minimum absolute atomic E-state index is 0.0140. The number of morpholine rings is 1. The van der Waals surface area contributed by atoms with Crippen LogP contribution in [-0.2, 0) is 21.7 Å². The fourth-order valence-corrected chi connectivity index (χ4v) is 3.18. The highest BCUT2D eigenvalue weighted by atomic mass is 35.5. The molecule has 3 rings (SSSR count). The van der Waals surface area contributed by atoms with Crippen molar-refractivity contribution >= 4 is 34.6 Å². The van der Waals surface area contributed by atoms with E-state index in [4.69, 9.17) is 21.4 Å². The number of imidazole rings is 1. The van der Waals surface area contributed by atoms with Gasteiger partial charge in [0.1, 0.15) is 11.4 Å². The van der Waals surface area contributed by atoms with Crippen molar-refractivity contribution in [2.45, 2.75) is 38.8 Å². The number of aryl methyl sites for hydroxylation is 1. The molecule has 0 saturated carbocycles. The van der Waals surface area contributed by atoms with E-state index in [2.05, 4.69) is 15.0 Å². The summed E-state index contributed by atoms with van der Waals surface area (Å²) in [5.74, 6) is 0.135. The second kappa shape index (κ2) is 7.34. The molecule has 1 aliphatic rings. The van der Waals surface area contributed by atoms with Crippen molar-refractivity contribution < 1.29 is 19.7 Å². The molecular formula is C16H22ClN5O4. The Labute approximate surface area is 155 Å².